The van der Waals surface area contributed by atoms with Crippen molar-refractivity contribution < 1.29 is 14.7 Å². The number of rotatable bonds is 8. The summed E-state index contributed by atoms with van der Waals surface area (Å²) >= 11 is 0. The number of hydrogen-bond acceptors (Lipinski definition) is 4. The molecule has 4 rings (SSSR count). The Morgan fingerprint density at radius 1 is 1.09 bits per heavy atom. The van der Waals surface area contributed by atoms with Crippen molar-refractivity contribution in [2.24, 2.45) is 11.8 Å². The summed E-state index contributed by atoms with van der Waals surface area (Å²) < 4.78 is 0. The largest absolute Gasteiger partial charge is 0.480 e. The second-order valence-electron chi connectivity index (χ2n) is 11.2. The fourth-order valence-electron chi connectivity index (χ4n) is 7.32. The number of fused-ring (bicyclic) bond motifs is 2. The Morgan fingerprint density at radius 3 is 2.41 bits per heavy atom. The Kier molecular flexibility index (Phi) is 8.18. The molecule has 6 heteroatoms. The van der Waals surface area contributed by atoms with Gasteiger partial charge >= 0.3 is 5.97 Å². The Morgan fingerprint density at radius 2 is 1.76 bits per heavy atom. The number of carbonyl (C=O) groups is 2. The maximum atomic E-state index is 12.9. The Hall–Kier alpha value is -2.08. The topological polar surface area (TPSA) is 72.9 Å². The van der Waals surface area contributed by atoms with Crippen molar-refractivity contribution in [3.63, 3.8) is 0 Å². The van der Waals surface area contributed by atoms with E-state index < -0.39 is 5.97 Å². The molecule has 1 saturated carbocycles. The Balaban J connectivity index is 1.50. The molecule has 1 aromatic rings. The van der Waals surface area contributed by atoms with Gasteiger partial charge in [-0.1, -0.05) is 44.7 Å². The summed E-state index contributed by atoms with van der Waals surface area (Å²) in [7, 11) is 0. The number of piperidine rings is 2. The van der Waals surface area contributed by atoms with Crippen LogP contribution in [0.15, 0.2) is 24.3 Å². The quantitative estimate of drug-likeness (QED) is 0.524. The number of carbonyl (C=O) groups excluding carboxylic acids is 1. The minimum atomic E-state index is -0.909. The molecule has 3 aliphatic rings. The summed E-state index contributed by atoms with van der Waals surface area (Å²) in [5, 5.41) is 12.1. The normalized spacial score (nSPS) is 30.4. The van der Waals surface area contributed by atoms with Gasteiger partial charge in [0.15, 0.2) is 0 Å². The molecule has 34 heavy (non-hydrogen) atoms. The van der Waals surface area contributed by atoms with Gasteiger partial charge in [-0.05, 0) is 69.4 Å². The molecular formula is C28H43N3O3. The summed E-state index contributed by atoms with van der Waals surface area (Å²) in [5.41, 5.74) is 1.52. The first kappa shape index (κ1) is 25.0. The molecule has 1 aromatic carbocycles. The van der Waals surface area contributed by atoms with Gasteiger partial charge in [0.05, 0.1) is 11.4 Å². The smallest absolute Gasteiger partial charge is 0.322 e. The highest BCUT2D eigenvalue weighted by Crippen LogP contribution is 2.42. The van der Waals surface area contributed by atoms with Gasteiger partial charge in [0, 0.05) is 31.1 Å². The second-order valence-corrected chi connectivity index (χ2v) is 11.2. The molecule has 2 aliphatic heterocycles. The lowest BCUT2D eigenvalue weighted by Gasteiger charge is -2.54. The lowest BCUT2D eigenvalue weighted by Crippen LogP contribution is -2.60. The van der Waals surface area contributed by atoms with E-state index in [2.05, 4.69) is 24.1 Å². The third-order valence-corrected chi connectivity index (χ3v) is 8.53. The molecule has 2 N–H and O–H groups in total. The molecule has 6 nitrogen and oxygen atoms in total. The Bertz CT molecular complexity index is 845. The predicted octanol–water partition coefficient (Wildman–Crippen LogP) is 5.53. The fraction of sp³-hybridized carbons (Fsp3) is 0.714. The van der Waals surface area contributed by atoms with Crippen molar-refractivity contribution in [2.75, 3.05) is 16.8 Å². The summed E-state index contributed by atoms with van der Waals surface area (Å²) in [5.74, 6) is 0.854. The summed E-state index contributed by atoms with van der Waals surface area (Å²) in [6.45, 7) is 6.34. The first-order chi connectivity index (χ1) is 16.3. The van der Waals surface area contributed by atoms with E-state index in [4.69, 9.17) is 5.11 Å². The van der Waals surface area contributed by atoms with E-state index in [0.717, 1.165) is 30.4 Å². The summed E-state index contributed by atoms with van der Waals surface area (Å²) in [4.78, 5) is 28.8. The van der Waals surface area contributed by atoms with Gasteiger partial charge in [0.2, 0.25) is 5.91 Å². The zero-order chi connectivity index (χ0) is 24.2. The van der Waals surface area contributed by atoms with E-state index in [0.29, 0.717) is 23.8 Å². The minimum absolute atomic E-state index is 0.0327. The molecule has 6 atom stereocenters. The monoisotopic (exact) mass is 469 g/mol. The lowest BCUT2D eigenvalue weighted by atomic mass is 9.76. The van der Waals surface area contributed by atoms with Gasteiger partial charge in [-0.2, -0.15) is 0 Å². The highest BCUT2D eigenvalue weighted by molar-refractivity contribution is 5.96. The van der Waals surface area contributed by atoms with Gasteiger partial charge < -0.3 is 15.3 Å². The van der Waals surface area contributed by atoms with Crippen LogP contribution in [0.4, 0.5) is 11.4 Å². The van der Waals surface area contributed by atoms with Gasteiger partial charge in [-0.25, -0.2) is 0 Å². The van der Waals surface area contributed by atoms with Crippen LogP contribution in [0.25, 0.3) is 0 Å². The number of nitrogens with zero attached hydrogens (tertiary/aromatic N) is 2. The Labute approximate surface area is 205 Å². The van der Waals surface area contributed by atoms with Crippen LogP contribution >= 0.6 is 0 Å². The molecule has 188 valence electrons. The standard InChI is InChI=1S/C28H43N3O3/c1-19-8-6-9-22(14-19)15-20(2)30-23-10-7-11-24(30)17-25(16-23)31(21(3)32)27-13-5-4-12-26(27)29-18-28(33)34/h4-5,12-13,19-20,22-25,29H,6-11,14-18H2,1-3H3,(H,33,34)/t19-,20+,22+,23-,24+,25+/m1/s1. The van der Waals surface area contributed by atoms with Crippen LogP contribution in [0.3, 0.4) is 0 Å². The number of carboxylic acid groups (broad SMARTS) is 1. The van der Waals surface area contributed by atoms with Gasteiger partial charge in [-0.15, -0.1) is 0 Å². The van der Waals surface area contributed by atoms with Gasteiger partial charge in [0.1, 0.15) is 6.54 Å². The predicted molar refractivity (Wildman–Crippen MR) is 137 cm³/mol. The van der Waals surface area contributed by atoms with Crippen LogP contribution in [0.5, 0.6) is 0 Å². The van der Waals surface area contributed by atoms with Crippen LogP contribution in [0.1, 0.15) is 85.0 Å². The number of amides is 1. The first-order valence-electron chi connectivity index (χ1n) is 13.5. The zero-order valence-corrected chi connectivity index (χ0v) is 21.2. The van der Waals surface area contributed by atoms with Crippen LogP contribution in [0, 0.1) is 11.8 Å². The number of anilines is 2. The van der Waals surface area contributed by atoms with Crippen LogP contribution in [-0.2, 0) is 9.59 Å². The maximum Gasteiger partial charge on any atom is 0.322 e. The number of para-hydroxylation sites is 2. The molecule has 0 radical (unpaired) electrons. The zero-order valence-electron chi connectivity index (χ0n) is 21.2. The third kappa shape index (κ3) is 5.76. The van der Waals surface area contributed by atoms with E-state index in [9.17, 15) is 9.59 Å². The number of benzene rings is 1. The fourth-order valence-corrected chi connectivity index (χ4v) is 7.32. The highest BCUT2D eigenvalue weighted by Gasteiger charge is 2.43. The first-order valence-corrected chi connectivity index (χ1v) is 13.5. The molecule has 0 spiro atoms. The molecule has 2 heterocycles. The van der Waals surface area contributed by atoms with Crippen molar-refractivity contribution in [1.29, 1.82) is 0 Å². The van der Waals surface area contributed by atoms with Gasteiger partial charge in [0.25, 0.3) is 0 Å². The van der Waals surface area contributed by atoms with Crippen molar-refractivity contribution in [3.8, 4) is 0 Å². The van der Waals surface area contributed by atoms with E-state index >= 15 is 0 Å². The van der Waals surface area contributed by atoms with Crippen LogP contribution < -0.4 is 10.2 Å². The molecular weight excluding hydrogens is 426 g/mol. The summed E-state index contributed by atoms with van der Waals surface area (Å²) in [6.07, 6.45) is 12.5. The minimum Gasteiger partial charge on any atom is -0.480 e. The van der Waals surface area contributed by atoms with Gasteiger partial charge in [-0.3, -0.25) is 14.5 Å². The number of carboxylic acids is 1. The van der Waals surface area contributed by atoms with E-state index in [1.54, 1.807) is 6.92 Å². The average Bonchev–Trinajstić information content (AvgIpc) is 2.77. The molecule has 0 aromatic heterocycles. The number of hydrogen-bond donors (Lipinski definition) is 2. The van der Waals surface area contributed by atoms with Crippen LogP contribution in [-0.4, -0.2) is 52.6 Å². The van der Waals surface area contributed by atoms with Crippen molar-refractivity contribution in [1.82, 2.24) is 4.90 Å². The molecule has 1 amide bonds. The van der Waals surface area contributed by atoms with Crippen molar-refractivity contribution >= 4 is 23.3 Å². The highest BCUT2D eigenvalue weighted by atomic mass is 16.4. The molecule has 3 fully saturated rings. The summed E-state index contributed by atoms with van der Waals surface area (Å²) in [6, 6.07) is 9.43. The maximum absolute atomic E-state index is 12.9. The molecule has 2 saturated heterocycles. The lowest BCUT2D eigenvalue weighted by molar-refractivity contribution is -0.135. The average molecular weight is 470 g/mol. The van der Waals surface area contributed by atoms with E-state index in [-0.39, 0.29) is 18.5 Å². The number of nitrogens with one attached hydrogen (secondary N) is 1. The number of aliphatic carboxylic acids is 1. The van der Waals surface area contributed by atoms with Crippen molar-refractivity contribution in [2.45, 2.75) is 109 Å². The van der Waals surface area contributed by atoms with E-state index in [1.807, 2.05) is 29.2 Å². The SMILES string of the molecule is CC(=O)N(c1ccccc1NCC(=O)O)[C@H]1C[C@H]2CCC[C@@H](C1)N2[C@@H](C)C[C@H]1CCC[C@@H](C)C1. The van der Waals surface area contributed by atoms with Crippen molar-refractivity contribution in [3.05, 3.63) is 24.3 Å². The molecule has 1 aliphatic carbocycles. The second kappa shape index (κ2) is 11.1. The van der Waals surface area contributed by atoms with Crippen LogP contribution in [0.2, 0.25) is 0 Å². The molecule has 2 bridgehead atoms. The van der Waals surface area contributed by atoms with E-state index in [1.165, 1.54) is 51.4 Å². The third-order valence-electron chi connectivity index (χ3n) is 8.53. The molecule has 0 unspecified atom stereocenters.